The molecule has 158 valence electrons. The van der Waals surface area contributed by atoms with Crippen molar-refractivity contribution in [1.29, 1.82) is 0 Å². The molecule has 1 aliphatic heterocycles. The van der Waals surface area contributed by atoms with Crippen LogP contribution in [0.25, 0.3) is 11.5 Å². The van der Waals surface area contributed by atoms with Gasteiger partial charge in [0.1, 0.15) is 16.5 Å². The number of allylic oxidation sites excluding steroid dienone is 1. The second-order valence-corrected chi connectivity index (χ2v) is 8.09. The van der Waals surface area contributed by atoms with Gasteiger partial charge < -0.3 is 4.98 Å². The van der Waals surface area contributed by atoms with Gasteiger partial charge in [0.05, 0.1) is 22.8 Å². The van der Waals surface area contributed by atoms with E-state index in [0.717, 1.165) is 11.4 Å². The molecule has 4 aromatic rings. The van der Waals surface area contributed by atoms with Crippen LogP contribution in [0.2, 0.25) is 0 Å². The molecule has 0 unspecified atom stereocenters. The Morgan fingerprint density at radius 1 is 1.12 bits per heavy atom. The number of aromatic nitrogens is 5. The number of rotatable bonds is 6. The first-order valence-electron chi connectivity index (χ1n) is 9.89. The van der Waals surface area contributed by atoms with E-state index in [4.69, 9.17) is 0 Å². The predicted molar refractivity (Wildman–Crippen MR) is 120 cm³/mol. The summed E-state index contributed by atoms with van der Waals surface area (Å²) in [4.78, 5) is 28.9. The lowest BCUT2D eigenvalue weighted by molar-refractivity contribution is 0.584. The van der Waals surface area contributed by atoms with Gasteiger partial charge in [-0.05, 0) is 24.3 Å². The van der Waals surface area contributed by atoms with Gasteiger partial charge in [-0.2, -0.15) is 5.10 Å². The minimum Gasteiger partial charge on any atom is -0.304 e. The Labute approximate surface area is 186 Å². The monoisotopic (exact) mass is 444 g/mol. The van der Waals surface area contributed by atoms with Gasteiger partial charge in [0.15, 0.2) is 5.82 Å². The fourth-order valence-electron chi connectivity index (χ4n) is 3.31. The molecule has 9 heteroatoms. The summed E-state index contributed by atoms with van der Waals surface area (Å²) in [5.74, 6) is 0.0323. The number of nitrogens with one attached hydrogen (secondary N) is 1. The van der Waals surface area contributed by atoms with Crippen LogP contribution >= 0.6 is 11.8 Å². The van der Waals surface area contributed by atoms with Crippen molar-refractivity contribution >= 4 is 17.5 Å². The minimum absolute atomic E-state index is 0.235. The van der Waals surface area contributed by atoms with Crippen molar-refractivity contribution in [3.05, 3.63) is 101 Å². The Morgan fingerprint density at radius 2 is 2.00 bits per heavy atom. The molecular formula is C23H17FN6OS. The smallest absolute Gasteiger partial charge is 0.265 e. The highest BCUT2D eigenvalue weighted by Crippen LogP contribution is 2.24. The first-order valence-corrected chi connectivity index (χ1v) is 10.7. The summed E-state index contributed by atoms with van der Waals surface area (Å²) in [6, 6.07) is 13.9. The normalized spacial score (nSPS) is 12.8. The second-order valence-electron chi connectivity index (χ2n) is 7.02. The van der Waals surface area contributed by atoms with Crippen LogP contribution in [-0.4, -0.2) is 30.4 Å². The summed E-state index contributed by atoms with van der Waals surface area (Å²) in [7, 11) is 0. The molecule has 0 radical (unpaired) electrons. The molecule has 5 rings (SSSR count). The van der Waals surface area contributed by atoms with Gasteiger partial charge in [0.25, 0.3) is 5.56 Å². The summed E-state index contributed by atoms with van der Waals surface area (Å²) in [5, 5.41) is 5.31. The molecule has 0 aliphatic carbocycles. The molecule has 0 spiro atoms. The van der Waals surface area contributed by atoms with Gasteiger partial charge in [0, 0.05) is 30.6 Å². The van der Waals surface area contributed by atoms with Crippen LogP contribution in [0.3, 0.4) is 0 Å². The molecule has 1 N–H and O–H groups in total. The highest BCUT2D eigenvalue weighted by Gasteiger charge is 2.18. The zero-order chi connectivity index (χ0) is 21.9. The highest BCUT2D eigenvalue weighted by atomic mass is 32.2. The number of nitrogens with zero attached hydrogens (tertiary/aromatic N) is 5. The van der Waals surface area contributed by atoms with Crippen LogP contribution < -0.4 is 5.56 Å². The minimum atomic E-state index is -0.301. The third kappa shape index (κ3) is 4.15. The van der Waals surface area contributed by atoms with Gasteiger partial charge in [0.2, 0.25) is 0 Å². The molecule has 0 saturated carbocycles. The van der Waals surface area contributed by atoms with Crippen molar-refractivity contribution in [2.24, 2.45) is 4.99 Å². The van der Waals surface area contributed by atoms with Crippen LogP contribution in [0, 0.1) is 5.82 Å². The van der Waals surface area contributed by atoms with E-state index in [1.54, 1.807) is 35.3 Å². The van der Waals surface area contributed by atoms with E-state index < -0.39 is 0 Å². The molecule has 0 amide bonds. The zero-order valence-corrected chi connectivity index (χ0v) is 17.6. The number of H-pyrrole nitrogens is 1. The van der Waals surface area contributed by atoms with E-state index in [9.17, 15) is 9.18 Å². The number of pyridine rings is 1. The Bertz CT molecular complexity index is 1390. The molecule has 0 saturated heterocycles. The molecule has 0 bridgehead atoms. The van der Waals surface area contributed by atoms with Crippen LogP contribution in [0.4, 0.5) is 4.39 Å². The van der Waals surface area contributed by atoms with Crippen LogP contribution in [0.1, 0.15) is 17.7 Å². The van der Waals surface area contributed by atoms with Gasteiger partial charge in [-0.15, -0.1) is 0 Å². The Balaban J connectivity index is 1.49. The molecule has 1 aliphatic rings. The number of benzene rings is 1. The lowest BCUT2D eigenvalue weighted by atomic mass is 10.1. The van der Waals surface area contributed by atoms with Crippen molar-refractivity contribution in [2.45, 2.75) is 22.9 Å². The summed E-state index contributed by atoms with van der Waals surface area (Å²) in [6.07, 6.45) is 7.52. The Kier molecular flexibility index (Phi) is 5.47. The number of halogens is 1. The van der Waals surface area contributed by atoms with E-state index in [1.807, 2.05) is 30.3 Å². The zero-order valence-electron chi connectivity index (χ0n) is 16.8. The molecule has 3 aromatic heterocycles. The summed E-state index contributed by atoms with van der Waals surface area (Å²) >= 11 is 1.24. The Hall–Kier alpha value is -3.85. The highest BCUT2D eigenvalue weighted by molar-refractivity contribution is 7.99. The van der Waals surface area contributed by atoms with Gasteiger partial charge >= 0.3 is 0 Å². The summed E-state index contributed by atoms with van der Waals surface area (Å²) in [5.41, 5.74) is 2.29. The molecular weight excluding hydrogens is 427 g/mol. The summed E-state index contributed by atoms with van der Waals surface area (Å²) < 4.78 is 15.9. The van der Waals surface area contributed by atoms with Gasteiger partial charge in [-0.1, -0.05) is 42.1 Å². The number of aliphatic imine (C=N–C) groups is 1. The van der Waals surface area contributed by atoms with E-state index in [1.165, 1.54) is 24.0 Å². The van der Waals surface area contributed by atoms with E-state index >= 15 is 0 Å². The number of hydrogen-bond acceptors (Lipinski definition) is 6. The average molecular weight is 444 g/mol. The van der Waals surface area contributed by atoms with Crippen molar-refractivity contribution in [1.82, 2.24) is 24.7 Å². The molecule has 0 fully saturated rings. The Morgan fingerprint density at radius 3 is 2.75 bits per heavy atom. The molecule has 0 atom stereocenters. The van der Waals surface area contributed by atoms with Crippen LogP contribution in [0.15, 0.2) is 92.9 Å². The van der Waals surface area contributed by atoms with Gasteiger partial charge in [-0.3, -0.25) is 14.5 Å². The predicted octanol–water partition coefficient (Wildman–Crippen LogP) is 4.07. The lowest BCUT2D eigenvalue weighted by Gasteiger charge is -2.08. The third-order valence-electron chi connectivity index (χ3n) is 4.86. The number of hydrogen-bond donors (Lipinski definition) is 1. The SMILES string of the molecule is O=c1[nH]c(-c2cc(C3=NC=CC3)n(Cc3ccccc3F)n2)ncc1Sc1ccccn1. The van der Waals surface area contributed by atoms with Gasteiger partial charge in [-0.25, -0.2) is 14.4 Å². The molecule has 4 heterocycles. The molecule has 7 nitrogen and oxygen atoms in total. The van der Waals surface area contributed by atoms with Crippen molar-refractivity contribution < 1.29 is 4.39 Å². The largest absolute Gasteiger partial charge is 0.304 e. The van der Waals surface area contributed by atoms with Crippen LogP contribution in [0.5, 0.6) is 0 Å². The summed E-state index contributed by atoms with van der Waals surface area (Å²) in [6.45, 7) is 0.235. The maximum absolute atomic E-state index is 14.2. The quantitative estimate of drug-likeness (QED) is 0.484. The fraction of sp³-hybridized carbons (Fsp3) is 0.0870. The topological polar surface area (TPSA) is 88.8 Å². The van der Waals surface area contributed by atoms with E-state index in [2.05, 4.69) is 25.0 Å². The maximum atomic E-state index is 14.2. The maximum Gasteiger partial charge on any atom is 0.265 e. The van der Waals surface area contributed by atoms with E-state index in [-0.39, 0.29) is 17.9 Å². The third-order valence-corrected chi connectivity index (χ3v) is 5.82. The molecule has 32 heavy (non-hydrogen) atoms. The van der Waals surface area contributed by atoms with Crippen molar-refractivity contribution in [3.8, 4) is 11.5 Å². The average Bonchev–Trinajstić information content (AvgIpc) is 3.48. The first-order chi connectivity index (χ1) is 15.7. The number of aromatic amines is 1. The van der Waals surface area contributed by atoms with Crippen LogP contribution in [-0.2, 0) is 6.54 Å². The van der Waals surface area contributed by atoms with E-state index in [0.29, 0.717) is 33.4 Å². The fourth-order valence-corrected chi connectivity index (χ4v) is 4.04. The first kappa shape index (κ1) is 20.1. The van der Waals surface area contributed by atoms with Crippen molar-refractivity contribution in [2.75, 3.05) is 0 Å². The lowest BCUT2D eigenvalue weighted by Crippen LogP contribution is -2.12. The standard InChI is InChI=1S/C23H17FN6OS/c24-16-7-2-1-6-15(16)14-30-19(17-8-5-11-25-17)12-18(29-30)22-27-13-20(23(31)28-22)32-21-9-3-4-10-26-21/h1-7,9-13H,8,14H2,(H,27,28,31). The molecule has 1 aromatic carbocycles. The second kappa shape index (κ2) is 8.72. The van der Waals surface area contributed by atoms with Crippen molar-refractivity contribution in [3.63, 3.8) is 0 Å².